The summed E-state index contributed by atoms with van der Waals surface area (Å²) < 4.78 is 28.8. The monoisotopic (exact) mass is 589 g/mol. The highest BCUT2D eigenvalue weighted by molar-refractivity contribution is 7.92. The highest BCUT2D eigenvalue weighted by Gasteiger charge is 2.34. The minimum Gasteiger partial charge on any atom is -0.350 e. The third kappa shape index (κ3) is 7.97. The van der Waals surface area contributed by atoms with Gasteiger partial charge in [0.1, 0.15) is 12.6 Å². The maximum absolute atomic E-state index is 14.0. The summed E-state index contributed by atoms with van der Waals surface area (Å²) in [5.41, 5.74) is 1.10. The van der Waals surface area contributed by atoms with Gasteiger partial charge in [0.15, 0.2) is 0 Å². The number of carbonyl (C=O) groups excluding carboxylic acids is 2. The summed E-state index contributed by atoms with van der Waals surface area (Å²) in [4.78, 5) is 28.5. The van der Waals surface area contributed by atoms with Crippen LogP contribution in [-0.2, 0) is 26.2 Å². The number of nitrogens with one attached hydrogen (secondary N) is 1. The SMILES string of the molecule is Cc1ccc(Cl)cc1N(CC(=O)N(Cc1ccc(Cl)cc1)[C@H](C)C(=O)NC(C)(C)C)S(=O)(=O)c1ccccc1. The zero-order valence-corrected chi connectivity index (χ0v) is 24.9. The van der Waals surface area contributed by atoms with Crippen molar-refractivity contribution in [2.75, 3.05) is 10.8 Å². The van der Waals surface area contributed by atoms with Gasteiger partial charge >= 0.3 is 0 Å². The molecule has 0 bridgehead atoms. The Labute approximate surface area is 240 Å². The van der Waals surface area contributed by atoms with Gasteiger partial charge in [0.25, 0.3) is 10.0 Å². The number of hydrogen-bond donors (Lipinski definition) is 1. The summed E-state index contributed by atoms with van der Waals surface area (Å²) in [7, 11) is -4.17. The number of amides is 2. The zero-order chi connectivity index (χ0) is 29.0. The maximum Gasteiger partial charge on any atom is 0.264 e. The smallest absolute Gasteiger partial charge is 0.264 e. The molecule has 3 rings (SSSR count). The molecule has 0 saturated carbocycles. The van der Waals surface area contributed by atoms with E-state index in [1.54, 1.807) is 68.4 Å². The van der Waals surface area contributed by atoms with Gasteiger partial charge in [-0.05, 0) is 82.1 Å². The van der Waals surface area contributed by atoms with E-state index in [1.165, 1.54) is 23.1 Å². The number of sulfonamides is 1. The molecular weight excluding hydrogens is 557 g/mol. The lowest BCUT2D eigenvalue weighted by Crippen LogP contribution is -2.54. The number of rotatable bonds is 9. The Morgan fingerprint density at radius 2 is 1.51 bits per heavy atom. The topological polar surface area (TPSA) is 86.8 Å². The molecule has 0 aromatic heterocycles. The van der Waals surface area contributed by atoms with Crippen LogP contribution < -0.4 is 9.62 Å². The second kappa shape index (κ2) is 12.4. The molecule has 208 valence electrons. The summed E-state index contributed by atoms with van der Waals surface area (Å²) in [5.74, 6) is -0.915. The molecule has 0 heterocycles. The lowest BCUT2D eigenvalue weighted by molar-refractivity contribution is -0.140. The third-order valence-electron chi connectivity index (χ3n) is 5.98. The molecule has 7 nitrogen and oxygen atoms in total. The van der Waals surface area contributed by atoms with Crippen LogP contribution in [0.25, 0.3) is 0 Å². The van der Waals surface area contributed by atoms with Crippen LogP contribution in [0.1, 0.15) is 38.8 Å². The van der Waals surface area contributed by atoms with Crippen molar-refractivity contribution in [1.29, 1.82) is 0 Å². The van der Waals surface area contributed by atoms with Crippen molar-refractivity contribution in [1.82, 2.24) is 10.2 Å². The zero-order valence-electron chi connectivity index (χ0n) is 22.6. The van der Waals surface area contributed by atoms with Crippen LogP contribution in [0, 0.1) is 6.92 Å². The largest absolute Gasteiger partial charge is 0.350 e. The van der Waals surface area contributed by atoms with E-state index in [4.69, 9.17) is 23.2 Å². The summed E-state index contributed by atoms with van der Waals surface area (Å²) in [6.45, 7) is 8.43. The first-order valence-corrected chi connectivity index (χ1v) is 14.6. The van der Waals surface area contributed by atoms with Crippen molar-refractivity contribution in [3.63, 3.8) is 0 Å². The average Bonchev–Trinajstić information content (AvgIpc) is 2.87. The van der Waals surface area contributed by atoms with Gasteiger partial charge in [-0.25, -0.2) is 8.42 Å². The predicted molar refractivity (Wildman–Crippen MR) is 157 cm³/mol. The Bertz CT molecular complexity index is 1420. The predicted octanol–water partition coefficient (Wildman–Crippen LogP) is 5.83. The molecule has 1 N–H and O–H groups in total. The van der Waals surface area contributed by atoms with Gasteiger partial charge in [0.2, 0.25) is 11.8 Å². The van der Waals surface area contributed by atoms with Crippen molar-refractivity contribution in [3.8, 4) is 0 Å². The summed E-state index contributed by atoms with van der Waals surface area (Å²) in [6, 6.07) is 18.8. The van der Waals surface area contributed by atoms with Gasteiger partial charge in [-0.1, -0.05) is 59.6 Å². The second-order valence-electron chi connectivity index (χ2n) is 10.3. The molecule has 0 spiro atoms. The normalized spacial score (nSPS) is 12.5. The quantitative estimate of drug-likeness (QED) is 0.340. The van der Waals surface area contributed by atoms with Crippen LogP contribution in [0.5, 0.6) is 0 Å². The van der Waals surface area contributed by atoms with Crippen LogP contribution in [0.2, 0.25) is 10.0 Å². The van der Waals surface area contributed by atoms with Gasteiger partial charge in [-0.3, -0.25) is 13.9 Å². The van der Waals surface area contributed by atoms with E-state index in [1.807, 2.05) is 20.8 Å². The number of anilines is 1. The molecule has 3 aromatic rings. The van der Waals surface area contributed by atoms with Crippen molar-refractivity contribution in [3.05, 3.63) is 94.0 Å². The molecule has 0 saturated heterocycles. The molecule has 10 heteroatoms. The molecule has 0 fully saturated rings. The van der Waals surface area contributed by atoms with Crippen molar-refractivity contribution in [2.45, 2.75) is 57.6 Å². The van der Waals surface area contributed by atoms with Crippen LogP contribution in [0.3, 0.4) is 0 Å². The molecule has 0 radical (unpaired) electrons. The Morgan fingerprint density at radius 3 is 2.10 bits per heavy atom. The number of aryl methyl sites for hydroxylation is 1. The van der Waals surface area contributed by atoms with E-state index in [9.17, 15) is 18.0 Å². The number of nitrogens with zero attached hydrogens (tertiary/aromatic N) is 2. The maximum atomic E-state index is 14.0. The molecule has 1 atom stereocenters. The van der Waals surface area contributed by atoms with Crippen LogP contribution in [0.15, 0.2) is 77.7 Å². The summed E-state index contributed by atoms with van der Waals surface area (Å²) in [5, 5.41) is 3.76. The fraction of sp³-hybridized carbons (Fsp3) is 0.310. The molecular formula is C29H33Cl2N3O4S. The molecule has 0 aliphatic heterocycles. The molecule has 2 amide bonds. The first-order valence-electron chi connectivity index (χ1n) is 12.4. The highest BCUT2D eigenvalue weighted by Crippen LogP contribution is 2.30. The van der Waals surface area contributed by atoms with Crippen molar-refractivity contribution >= 4 is 50.7 Å². The standard InChI is InChI=1S/C29H33Cl2N3O4S/c1-20-11-14-24(31)17-26(20)34(39(37,38)25-9-7-6-8-10-25)19-27(35)33(18-22-12-15-23(30)16-13-22)21(2)28(36)32-29(3,4)5/h6-17,21H,18-19H2,1-5H3,(H,32,36)/t21-/m1/s1. The van der Waals surface area contributed by atoms with Gasteiger partial charge in [-0.15, -0.1) is 0 Å². The van der Waals surface area contributed by atoms with Gasteiger partial charge in [-0.2, -0.15) is 0 Å². The number of hydrogen-bond acceptors (Lipinski definition) is 4. The Balaban J connectivity index is 2.06. The van der Waals surface area contributed by atoms with Crippen molar-refractivity contribution in [2.24, 2.45) is 0 Å². The van der Waals surface area contributed by atoms with Gasteiger partial charge in [0.05, 0.1) is 10.6 Å². The van der Waals surface area contributed by atoms with Gasteiger partial charge < -0.3 is 10.2 Å². The second-order valence-corrected chi connectivity index (χ2v) is 13.1. The molecule has 0 aliphatic carbocycles. The van der Waals surface area contributed by atoms with E-state index in [-0.39, 0.29) is 23.0 Å². The van der Waals surface area contributed by atoms with Gasteiger partial charge in [0, 0.05) is 22.1 Å². The number of benzene rings is 3. The minimum absolute atomic E-state index is 0.0277. The summed E-state index contributed by atoms with van der Waals surface area (Å²) in [6.07, 6.45) is 0. The molecule has 39 heavy (non-hydrogen) atoms. The van der Waals surface area contributed by atoms with Crippen LogP contribution in [0.4, 0.5) is 5.69 Å². The van der Waals surface area contributed by atoms with Crippen LogP contribution >= 0.6 is 23.2 Å². The van der Waals surface area contributed by atoms with E-state index < -0.39 is 34.1 Å². The van der Waals surface area contributed by atoms with E-state index in [2.05, 4.69) is 5.32 Å². The molecule has 3 aromatic carbocycles. The minimum atomic E-state index is -4.17. The fourth-order valence-electron chi connectivity index (χ4n) is 3.93. The third-order valence-corrected chi connectivity index (χ3v) is 8.24. The Hall–Kier alpha value is -3.07. The van der Waals surface area contributed by atoms with E-state index in [0.29, 0.717) is 15.6 Å². The van der Waals surface area contributed by atoms with E-state index in [0.717, 1.165) is 9.87 Å². The summed E-state index contributed by atoms with van der Waals surface area (Å²) >= 11 is 12.3. The van der Waals surface area contributed by atoms with Crippen molar-refractivity contribution < 1.29 is 18.0 Å². The molecule has 0 aliphatic rings. The lowest BCUT2D eigenvalue weighted by Gasteiger charge is -2.34. The number of carbonyl (C=O) groups is 2. The fourth-order valence-corrected chi connectivity index (χ4v) is 5.71. The number of halogens is 2. The van der Waals surface area contributed by atoms with E-state index >= 15 is 0 Å². The molecule has 0 unspecified atom stereocenters. The first kappa shape index (κ1) is 30.5. The Kier molecular flexibility index (Phi) is 9.69. The highest BCUT2D eigenvalue weighted by atomic mass is 35.5. The lowest BCUT2D eigenvalue weighted by atomic mass is 10.1. The van der Waals surface area contributed by atoms with Crippen LogP contribution in [-0.4, -0.2) is 43.3 Å². The first-order chi connectivity index (χ1) is 18.2. The average molecular weight is 591 g/mol. The Morgan fingerprint density at radius 1 is 0.923 bits per heavy atom.